The predicted molar refractivity (Wildman–Crippen MR) is 93.8 cm³/mol. The molecular formula is C20H21NO5. The van der Waals surface area contributed by atoms with E-state index in [4.69, 9.17) is 18.9 Å². The van der Waals surface area contributed by atoms with Crippen LogP contribution in [0.15, 0.2) is 24.3 Å². The molecule has 3 aliphatic rings. The van der Waals surface area contributed by atoms with Crippen molar-refractivity contribution in [3.63, 3.8) is 0 Å². The lowest BCUT2D eigenvalue weighted by Crippen LogP contribution is -2.54. The summed E-state index contributed by atoms with van der Waals surface area (Å²) in [6.45, 7) is 1.61. The SMILES string of the molecule is COc1ccc2c(c1OC)CN1CCc3cc4c(cc3C1(O)C2)OCO4. The van der Waals surface area contributed by atoms with Crippen LogP contribution >= 0.6 is 0 Å². The highest BCUT2D eigenvalue weighted by molar-refractivity contribution is 5.55. The van der Waals surface area contributed by atoms with Gasteiger partial charge in [-0.25, -0.2) is 0 Å². The molecule has 26 heavy (non-hydrogen) atoms. The summed E-state index contributed by atoms with van der Waals surface area (Å²) in [5.74, 6) is 2.95. The van der Waals surface area contributed by atoms with Crippen LogP contribution in [0.5, 0.6) is 23.0 Å². The van der Waals surface area contributed by atoms with Gasteiger partial charge in [-0.1, -0.05) is 6.07 Å². The van der Waals surface area contributed by atoms with Gasteiger partial charge in [0.25, 0.3) is 0 Å². The summed E-state index contributed by atoms with van der Waals surface area (Å²) in [5, 5.41) is 11.7. The molecule has 0 radical (unpaired) electrons. The first-order chi connectivity index (χ1) is 12.6. The van der Waals surface area contributed by atoms with Gasteiger partial charge in [0.15, 0.2) is 23.0 Å². The molecule has 0 aliphatic carbocycles. The van der Waals surface area contributed by atoms with Crippen molar-refractivity contribution in [3.8, 4) is 23.0 Å². The van der Waals surface area contributed by atoms with E-state index in [0.717, 1.165) is 52.5 Å². The molecule has 1 unspecified atom stereocenters. The zero-order chi connectivity index (χ0) is 17.9. The lowest BCUT2D eigenvalue weighted by molar-refractivity contribution is -0.135. The van der Waals surface area contributed by atoms with Crippen LogP contribution < -0.4 is 18.9 Å². The summed E-state index contributed by atoms with van der Waals surface area (Å²) in [4.78, 5) is 2.11. The van der Waals surface area contributed by atoms with Crippen molar-refractivity contribution >= 4 is 0 Å². The summed E-state index contributed by atoms with van der Waals surface area (Å²) in [5.41, 5.74) is 3.14. The van der Waals surface area contributed by atoms with Crippen LogP contribution in [0.2, 0.25) is 0 Å². The first-order valence-electron chi connectivity index (χ1n) is 8.77. The topological polar surface area (TPSA) is 60.4 Å². The highest BCUT2D eigenvalue weighted by Gasteiger charge is 2.46. The van der Waals surface area contributed by atoms with Crippen LogP contribution in [0.25, 0.3) is 0 Å². The Balaban J connectivity index is 1.63. The Morgan fingerprint density at radius 1 is 1.08 bits per heavy atom. The molecule has 3 aliphatic heterocycles. The second-order valence-corrected chi connectivity index (χ2v) is 6.97. The first kappa shape index (κ1) is 15.8. The van der Waals surface area contributed by atoms with Gasteiger partial charge in [0.1, 0.15) is 5.72 Å². The van der Waals surface area contributed by atoms with Crippen molar-refractivity contribution in [2.75, 3.05) is 27.6 Å². The average molecular weight is 355 g/mol. The van der Waals surface area contributed by atoms with Crippen molar-refractivity contribution in [1.29, 1.82) is 0 Å². The minimum atomic E-state index is -1.05. The van der Waals surface area contributed by atoms with Gasteiger partial charge in [0.05, 0.1) is 14.2 Å². The van der Waals surface area contributed by atoms with E-state index in [1.54, 1.807) is 14.2 Å². The number of hydrogen-bond donors (Lipinski definition) is 1. The van der Waals surface area contributed by atoms with Gasteiger partial charge in [-0.05, 0) is 35.7 Å². The third-order valence-corrected chi connectivity index (χ3v) is 5.74. The average Bonchev–Trinajstić information content (AvgIpc) is 3.11. The molecule has 6 heteroatoms. The molecule has 0 bridgehead atoms. The van der Waals surface area contributed by atoms with Crippen LogP contribution in [-0.4, -0.2) is 37.6 Å². The van der Waals surface area contributed by atoms with Crippen LogP contribution in [-0.2, 0) is 25.1 Å². The Morgan fingerprint density at radius 3 is 2.65 bits per heavy atom. The van der Waals surface area contributed by atoms with E-state index >= 15 is 0 Å². The quantitative estimate of drug-likeness (QED) is 0.891. The number of ether oxygens (including phenoxy) is 4. The van der Waals surface area contributed by atoms with Crippen molar-refractivity contribution in [2.24, 2.45) is 0 Å². The number of fused-ring (bicyclic) bond motifs is 5. The number of nitrogens with zero attached hydrogens (tertiary/aromatic N) is 1. The van der Waals surface area contributed by atoms with Gasteiger partial charge < -0.3 is 24.1 Å². The molecule has 0 amide bonds. The standard InChI is InChI=1S/C20H21NO5/c1-23-16-4-3-13-9-20(22)15-8-18-17(25-11-26-18)7-12(15)5-6-21(20)10-14(13)19(16)24-2/h3-4,7-8,22H,5-6,9-11H2,1-2H3. The van der Waals surface area contributed by atoms with Crippen LogP contribution in [0.3, 0.4) is 0 Å². The highest BCUT2D eigenvalue weighted by atomic mass is 16.7. The van der Waals surface area contributed by atoms with E-state index in [-0.39, 0.29) is 6.79 Å². The Bertz CT molecular complexity index is 896. The van der Waals surface area contributed by atoms with E-state index in [9.17, 15) is 5.11 Å². The van der Waals surface area contributed by atoms with Gasteiger partial charge in [-0.15, -0.1) is 0 Å². The molecule has 5 rings (SSSR count). The summed E-state index contributed by atoms with van der Waals surface area (Å²) in [6, 6.07) is 7.87. The van der Waals surface area contributed by atoms with E-state index in [0.29, 0.717) is 18.7 Å². The number of aliphatic hydroxyl groups is 1. The smallest absolute Gasteiger partial charge is 0.231 e. The van der Waals surface area contributed by atoms with E-state index in [2.05, 4.69) is 4.90 Å². The minimum Gasteiger partial charge on any atom is -0.493 e. The number of methoxy groups -OCH3 is 2. The lowest BCUT2D eigenvalue weighted by Gasteiger charge is -2.48. The first-order valence-corrected chi connectivity index (χ1v) is 8.77. The molecule has 0 saturated heterocycles. The fourth-order valence-corrected chi connectivity index (χ4v) is 4.42. The highest BCUT2D eigenvalue weighted by Crippen LogP contribution is 2.48. The molecule has 1 atom stereocenters. The van der Waals surface area contributed by atoms with Crippen LogP contribution in [0, 0.1) is 0 Å². The van der Waals surface area contributed by atoms with E-state index in [1.807, 2.05) is 24.3 Å². The van der Waals surface area contributed by atoms with Crippen LogP contribution in [0.4, 0.5) is 0 Å². The molecule has 1 N–H and O–H groups in total. The third kappa shape index (κ3) is 2.06. The second kappa shape index (κ2) is 5.53. The monoisotopic (exact) mass is 355 g/mol. The second-order valence-electron chi connectivity index (χ2n) is 6.97. The molecule has 0 fully saturated rings. The zero-order valence-electron chi connectivity index (χ0n) is 14.9. The Hall–Kier alpha value is -2.44. The summed E-state index contributed by atoms with van der Waals surface area (Å²) in [7, 11) is 3.30. The predicted octanol–water partition coefficient (Wildman–Crippen LogP) is 2.19. The lowest BCUT2D eigenvalue weighted by atomic mass is 9.80. The number of rotatable bonds is 2. The third-order valence-electron chi connectivity index (χ3n) is 5.74. The van der Waals surface area contributed by atoms with Crippen molar-refractivity contribution in [3.05, 3.63) is 46.5 Å². The summed E-state index contributed by atoms with van der Waals surface area (Å²) in [6.07, 6.45) is 1.35. The number of benzene rings is 2. The van der Waals surface area contributed by atoms with E-state index in [1.165, 1.54) is 0 Å². The molecule has 0 spiro atoms. The fraction of sp³-hybridized carbons (Fsp3) is 0.400. The normalized spacial score (nSPS) is 23.0. The van der Waals surface area contributed by atoms with Gasteiger partial charge in [0.2, 0.25) is 6.79 Å². The van der Waals surface area contributed by atoms with E-state index < -0.39 is 5.72 Å². The Morgan fingerprint density at radius 2 is 1.88 bits per heavy atom. The fourth-order valence-electron chi connectivity index (χ4n) is 4.42. The van der Waals surface area contributed by atoms with Gasteiger partial charge >= 0.3 is 0 Å². The maximum Gasteiger partial charge on any atom is 0.231 e. The molecule has 136 valence electrons. The molecule has 0 saturated carbocycles. The molecular weight excluding hydrogens is 334 g/mol. The zero-order valence-corrected chi connectivity index (χ0v) is 14.9. The molecule has 0 aromatic heterocycles. The van der Waals surface area contributed by atoms with Crippen molar-refractivity contribution in [1.82, 2.24) is 4.90 Å². The summed E-state index contributed by atoms with van der Waals surface area (Å²) < 4.78 is 22.1. The number of hydrogen-bond acceptors (Lipinski definition) is 6. The van der Waals surface area contributed by atoms with Crippen molar-refractivity contribution in [2.45, 2.75) is 25.1 Å². The molecule has 6 nitrogen and oxygen atoms in total. The molecule has 2 aromatic rings. The van der Waals surface area contributed by atoms with Crippen molar-refractivity contribution < 1.29 is 24.1 Å². The van der Waals surface area contributed by atoms with Gasteiger partial charge in [-0.3, -0.25) is 4.90 Å². The molecule has 2 aromatic carbocycles. The Labute approximate surface area is 151 Å². The summed E-state index contributed by atoms with van der Waals surface area (Å²) >= 11 is 0. The van der Waals surface area contributed by atoms with Gasteiger partial charge in [-0.2, -0.15) is 0 Å². The molecule has 3 heterocycles. The Kier molecular flexibility index (Phi) is 3.36. The van der Waals surface area contributed by atoms with Crippen LogP contribution in [0.1, 0.15) is 22.3 Å². The minimum absolute atomic E-state index is 0.236. The maximum absolute atomic E-state index is 11.7. The largest absolute Gasteiger partial charge is 0.493 e. The maximum atomic E-state index is 11.7. The van der Waals surface area contributed by atoms with Gasteiger partial charge in [0, 0.05) is 30.6 Å².